The molecule has 5 aliphatic heterocycles. The fraction of sp³-hybridized carbons (Fsp3) is 0.516. The number of ether oxygens (including phenoxy) is 1. The zero-order valence-electron chi connectivity index (χ0n) is 23.5. The monoisotopic (exact) mass is 592 g/mol. The van der Waals surface area contributed by atoms with Crippen LogP contribution >= 0.6 is 0 Å². The van der Waals surface area contributed by atoms with Crippen LogP contribution in [0.15, 0.2) is 47.4 Å². The van der Waals surface area contributed by atoms with Crippen molar-refractivity contribution in [1.82, 2.24) is 19.4 Å². The first-order chi connectivity index (χ1) is 20.3. The number of rotatable bonds is 6. The summed E-state index contributed by atoms with van der Waals surface area (Å²) in [7, 11) is -3.56. The Morgan fingerprint density at radius 3 is 2.40 bits per heavy atom. The van der Waals surface area contributed by atoms with E-state index in [0.29, 0.717) is 49.1 Å². The molecule has 0 saturated carbocycles. The Morgan fingerprint density at radius 1 is 0.905 bits per heavy atom. The van der Waals surface area contributed by atoms with Crippen LogP contribution < -0.4 is 5.32 Å². The van der Waals surface area contributed by atoms with E-state index in [1.165, 1.54) is 5.56 Å². The number of benzene rings is 2. The second-order valence-corrected chi connectivity index (χ2v) is 14.1. The van der Waals surface area contributed by atoms with Crippen molar-refractivity contribution in [3.8, 4) is 0 Å². The number of hydrogen-bond donors (Lipinski definition) is 1. The van der Waals surface area contributed by atoms with E-state index in [0.717, 1.165) is 49.9 Å². The number of amides is 3. The first kappa shape index (κ1) is 27.7. The molecule has 222 valence electrons. The molecule has 42 heavy (non-hydrogen) atoms. The van der Waals surface area contributed by atoms with Crippen molar-refractivity contribution in [1.29, 1.82) is 0 Å². The fourth-order valence-electron chi connectivity index (χ4n) is 7.44. The number of fused-ring (bicyclic) bond motifs is 3. The molecule has 0 aromatic heterocycles. The average molecular weight is 593 g/mol. The Morgan fingerprint density at radius 2 is 1.67 bits per heavy atom. The third kappa shape index (κ3) is 4.96. The molecular formula is C31H36N4O6S. The lowest BCUT2D eigenvalue weighted by Gasteiger charge is -2.34. The van der Waals surface area contributed by atoms with E-state index in [1.54, 1.807) is 15.3 Å². The summed E-state index contributed by atoms with van der Waals surface area (Å²) in [6, 6.07) is 12.7. The van der Waals surface area contributed by atoms with E-state index >= 15 is 0 Å². The summed E-state index contributed by atoms with van der Waals surface area (Å²) < 4.78 is 34.3. The van der Waals surface area contributed by atoms with Gasteiger partial charge in [0.1, 0.15) is 6.04 Å². The van der Waals surface area contributed by atoms with Gasteiger partial charge in [0.05, 0.1) is 18.1 Å². The standard InChI is InChI=1S/C31H36N4O6S/c36-29-9-8-28(30(37)32-29)34-17-23-15-22(4-7-27(23)31(34)38)21-10-12-33(13-11-21)16-20-2-1-3-26(14-20)42(39,40)35-24-5-6-25(35)19-41-18-24/h1-4,7,14-15,21,24-25,28H,5-6,8-13,16-19H2,(H,32,36,37). The highest BCUT2D eigenvalue weighted by Crippen LogP contribution is 2.36. The largest absolute Gasteiger partial charge is 0.378 e. The highest BCUT2D eigenvalue weighted by Gasteiger charge is 2.45. The van der Waals surface area contributed by atoms with Gasteiger partial charge in [0.2, 0.25) is 21.8 Å². The number of piperidine rings is 2. The minimum absolute atomic E-state index is 0.0609. The van der Waals surface area contributed by atoms with Crippen LogP contribution in [0.3, 0.4) is 0 Å². The number of sulfonamides is 1. The topological polar surface area (TPSA) is 116 Å². The molecule has 5 heterocycles. The normalized spacial score (nSPS) is 27.4. The van der Waals surface area contributed by atoms with Crippen molar-refractivity contribution in [2.45, 2.75) is 80.6 Å². The highest BCUT2D eigenvalue weighted by atomic mass is 32.2. The molecule has 7 rings (SSSR count). The van der Waals surface area contributed by atoms with E-state index in [9.17, 15) is 22.8 Å². The van der Waals surface area contributed by atoms with Gasteiger partial charge in [0.15, 0.2) is 0 Å². The van der Waals surface area contributed by atoms with E-state index in [-0.39, 0.29) is 30.3 Å². The predicted molar refractivity (Wildman–Crippen MR) is 153 cm³/mol. The minimum Gasteiger partial charge on any atom is -0.378 e. The number of hydrogen-bond acceptors (Lipinski definition) is 7. The molecule has 3 amide bonds. The smallest absolute Gasteiger partial charge is 0.255 e. The summed E-state index contributed by atoms with van der Waals surface area (Å²) in [5, 5.41) is 2.36. The van der Waals surface area contributed by atoms with E-state index in [1.807, 2.05) is 30.3 Å². The van der Waals surface area contributed by atoms with Gasteiger partial charge in [0, 0.05) is 37.2 Å². The minimum atomic E-state index is -3.56. The van der Waals surface area contributed by atoms with E-state index < -0.39 is 22.0 Å². The van der Waals surface area contributed by atoms with Crippen molar-refractivity contribution in [2.75, 3.05) is 26.3 Å². The van der Waals surface area contributed by atoms with Gasteiger partial charge >= 0.3 is 0 Å². The number of likely N-dealkylation sites (tertiary alicyclic amines) is 1. The molecule has 4 saturated heterocycles. The summed E-state index contributed by atoms with van der Waals surface area (Å²) in [6.45, 7) is 3.83. The van der Waals surface area contributed by atoms with Crippen molar-refractivity contribution >= 4 is 27.7 Å². The molecule has 2 aromatic carbocycles. The summed E-state index contributed by atoms with van der Waals surface area (Å²) in [5.41, 5.74) is 3.79. The van der Waals surface area contributed by atoms with Crippen LogP contribution in [0.1, 0.15) is 71.5 Å². The number of nitrogens with zero attached hydrogens (tertiary/aromatic N) is 3. The predicted octanol–water partition coefficient (Wildman–Crippen LogP) is 2.38. The van der Waals surface area contributed by atoms with Gasteiger partial charge in [0.25, 0.3) is 5.91 Å². The van der Waals surface area contributed by atoms with Crippen LogP contribution in [0, 0.1) is 0 Å². The van der Waals surface area contributed by atoms with Gasteiger partial charge < -0.3 is 9.64 Å². The maximum atomic E-state index is 13.5. The number of carbonyl (C=O) groups is 3. The maximum Gasteiger partial charge on any atom is 0.255 e. The average Bonchev–Trinajstić information content (AvgIpc) is 3.45. The Balaban J connectivity index is 0.979. The maximum absolute atomic E-state index is 13.5. The van der Waals surface area contributed by atoms with E-state index in [2.05, 4.69) is 16.3 Å². The van der Waals surface area contributed by atoms with Gasteiger partial charge in [-0.2, -0.15) is 4.31 Å². The third-order valence-corrected chi connectivity index (χ3v) is 11.7. The lowest BCUT2D eigenvalue weighted by atomic mass is 9.87. The SMILES string of the molecule is O=C1CCC(N2Cc3cc(C4CCN(Cc5cccc(S(=O)(=O)N6C7CCC6COC7)c5)CC4)ccc3C2=O)C(=O)N1. The quantitative estimate of drug-likeness (QED) is 0.512. The summed E-state index contributed by atoms with van der Waals surface area (Å²) in [6.07, 6.45) is 4.26. The Kier molecular flexibility index (Phi) is 7.16. The van der Waals surface area contributed by atoms with Crippen LogP contribution in [-0.2, 0) is 37.4 Å². The second-order valence-electron chi connectivity index (χ2n) is 12.3. The number of morpholine rings is 1. The van der Waals surface area contributed by atoms with Crippen molar-refractivity contribution < 1.29 is 27.5 Å². The van der Waals surface area contributed by atoms with Gasteiger partial charge in [-0.1, -0.05) is 24.3 Å². The van der Waals surface area contributed by atoms with Crippen LogP contribution in [0.25, 0.3) is 0 Å². The molecule has 0 spiro atoms. The van der Waals surface area contributed by atoms with Gasteiger partial charge in [-0.25, -0.2) is 8.42 Å². The van der Waals surface area contributed by atoms with E-state index in [4.69, 9.17) is 4.74 Å². The molecule has 5 aliphatic rings. The summed E-state index contributed by atoms with van der Waals surface area (Å²) in [5.74, 6) is -0.455. The molecule has 3 unspecified atom stereocenters. The molecule has 4 fully saturated rings. The number of imide groups is 1. The molecule has 10 nitrogen and oxygen atoms in total. The lowest BCUT2D eigenvalue weighted by molar-refractivity contribution is -0.136. The Hall–Kier alpha value is -3.12. The van der Waals surface area contributed by atoms with Crippen molar-refractivity contribution in [3.63, 3.8) is 0 Å². The highest BCUT2D eigenvalue weighted by molar-refractivity contribution is 7.89. The molecule has 11 heteroatoms. The number of carbonyl (C=O) groups excluding carboxylic acids is 3. The molecule has 0 aliphatic carbocycles. The fourth-order valence-corrected chi connectivity index (χ4v) is 9.35. The molecule has 2 bridgehead atoms. The zero-order valence-corrected chi connectivity index (χ0v) is 24.4. The van der Waals surface area contributed by atoms with Gasteiger partial charge in [-0.05, 0) is 86.0 Å². The molecule has 3 atom stereocenters. The van der Waals surface area contributed by atoms with Crippen molar-refractivity contribution in [3.05, 3.63) is 64.7 Å². The van der Waals surface area contributed by atoms with Crippen LogP contribution in [0.5, 0.6) is 0 Å². The lowest BCUT2D eigenvalue weighted by Crippen LogP contribution is -2.52. The first-order valence-electron chi connectivity index (χ1n) is 15.0. The zero-order chi connectivity index (χ0) is 29.0. The van der Waals surface area contributed by atoms with Crippen LogP contribution in [0.4, 0.5) is 0 Å². The number of nitrogens with one attached hydrogen (secondary N) is 1. The van der Waals surface area contributed by atoms with Gasteiger partial charge in [-0.3, -0.25) is 24.6 Å². The van der Waals surface area contributed by atoms with Gasteiger partial charge in [-0.15, -0.1) is 0 Å². The second kappa shape index (κ2) is 10.9. The Labute approximate surface area is 246 Å². The summed E-state index contributed by atoms with van der Waals surface area (Å²) >= 11 is 0. The van der Waals surface area contributed by atoms with Crippen molar-refractivity contribution in [2.24, 2.45) is 0 Å². The molecule has 0 radical (unpaired) electrons. The summed E-state index contributed by atoms with van der Waals surface area (Å²) in [4.78, 5) is 41.3. The van der Waals surface area contributed by atoms with Crippen LogP contribution in [-0.4, -0.2) is 84.7 Å². The molecule has 2 aromatic rings. The first-order valence-corrected chi connectivity index (χ1v) is 16.4. The Bertz CT molecular complexity index is 1520. The third-order valence-electron chi connectivity index (χ3n) is 9.66. The molecular weight excluding hydrogens is 556 g/mol. The molecule has 1 N–H and O–H groups in total. The van der Waals surface area contributed by atoms with Crippen LogP contribution in [0.2, 0.25) is 0 Å².